The quantitative estimate of drug-likeness (QED) is 0.833. The second-order valence-electron chi connectivity index (χ2n) is 5.23. The zero-order valence-electron chi connectivity index (χ0n) is 11.3. The number of hydrogen-bond donors (Lipinski definition) is 2. The van der Waals surface area contributed by atoms with E-state index in [0.717, 1.165) is 0 Å². The Labute approximate surface area is 111 Å². The smallest absolute Gasteiger partial charge is 0.150 e. The van der Waals surface area contributed by atoms with Gasteiger partial charge in [0.15, 0.2) is 5.82 Å². The standard InChI is InChI=1S/C14H18FN3O/c1-14(2,8-19)18(3)13-10(15)7-11(16)9-5-4-6-17-12(9)13/h4-7,19H,8,16H2,1-3H3. The molecule has 0 amide bonds. The zero-order chi connectivity index (χ0) is 14.2. The van der Waals surface area contributed by atoms with Gasteiger partial charge in [-0.2, -0.15) is 0 Å². The largest absolute Gasteiger partial charge is 0.398 e. The van der Waals surface area contributed by atoms with Gasteiger partial charge in [0.05, 0.1) is 17.7 Å². The van der Waals surface area contributed by atoms with E-state index in [-0.39, 0.29) is 6.61 Å². The van der Waals surface area contributed by atoms with E-state index in [1.165, 1.54) is 6.07 Å². The summed E-state index contributed by atoms with van der Waals surface area (Å²) in [4.78, 5) is 5.92. The lowest BCUT2D eigenvalue weighted by atomic mass is 10.0. The van der Waals surface area contributed by atoms with Crippen LogP contribution in [-0.2, 0) is 0 Å². The third kappa shape index (κ3) is 2.21. The summed E-state index contributed by atoms with van der Waals surface area (Å²) in [5, 5.41) is 10.1. The van der Waals surface area contributed by atoms with Crippen molar-refractivity contribution in [3.63, 3.8) is 0 Å². The van der Waals surface area contributed by atoms with Crippen LogP contribution in [0.4, 0.5) is 15.8 Å². The molecule has 4 nitrogen and oxygen atoms in total. The van der Waals surface area contributed by atoms with Gasteiger partial charge in [-0.25, -0.2) is 4.39 Å². The van der Waals surface area contributed by atoms with Crippen LogP contribution < -0.4 is 10.6 Å². The number of aliphatic hydroxyl groups excluding tert-OH is 1. The van der Waals surface area contributed by atoms with Gasteiger partial charge in [0.2, 0.25) is 0 Å². The van der Waals surface area contributed by atoms with E-state index in [1.54, 1.807) is 30.3 Å². The van der Waals surface area contributed by atoms with Crippen molar-refractivity contribution in [1.82, 2.24) is 4.98 Å². The molecular formula is C14H18FN3O. The van der Waals surface area contributed by atoms with Gasteiger partial charge in [-0.15, -0.1) is 0 Å². The maximum Gasteiger partial charge on any atom is 0.150 e. The fraction of sp³-hybridized carbons (Fsp3) is 0.357. The first-order valence-corrected chi connectivity index (χ1v) is 6.06. The molecule has 0 saturated heterocycles. The number of nitrogens with two attached hydrogens (primary N) is 1. The predicted molar refractivity (Wildman–Crippen MR) is 75.7 cm³/mol. The van der Waals surface area contributed by atoms with Crippen molar-refractivity contribution in [2.75, 3.05) is 24.3 Å². The highest BCUT2D eigenvalue weighted by molar-refractivity contribution is 5.99. The maximum atomic E-state index is 14.3. The Bertz CT molecular complexity index is 613. The van der Waals surface area contributed by atoms with Crippen molar-refractivity contribution < 1.29 is 9.50 Å². The molecule has 0 saturated carbocycles. The zero-order valence-corrected chi connectivity index (χ0v) is 11.3. The highest BCUT2D eigenvalue weighted by Gasteiger charge is 2.27. The number of aliphatic hydroxyl groups is 1. The number of likely N-dealkylation sites (N-methyl/N-ethyl adjacent to an activating group) is 1. The van der Waals surface area contributed by atoms with Crippen LogP contribution in [0, 0.1) is 5.82 Å². The van der Waals surface area contributed by atoms with Gasteiger partial charge in [-0.1, -0.05) is 0 Å². The van der Waals surface area contributed by atoms with E-state index in [9.17, 15) is 9.50 Å². The highest BCUT2D eigenvalue weighted by atomic mass is 19.1. The SMILES string of the molecule is CN(c1c(F)cc(N)c2cccnc12)C(C)(C)CO. The van der Waals surface area contributed by atoms with Crippen LogP contribution in [-0.4, -0.2) is 29.3 Å². The van der Waals surface area contributed by atoms with E-state index < -0.39 is 11.4 Å². The Hall–Kier alpha value is -1.88. The molecule has 0 atom stereocenters. The van der Waals surface area contributed by atoms with E-state index in [4.69, 9.17) is 5.73 Å². The van der Waals surface area contributed by atoms with Crippen molar-refractivity contribution >= 4 is 22.3 Å². The molecule has 0 unspecified atom stereocenters. The Balaban J connectivity index is 2.73. The molecule has 2 aromatic rings. The van der Waals surface area contributed by atoms with Crippen LogP contribution in [0.2, 0.25) is 0 Å². The molecule has 19 heavy (non-hydrogen) atoms. The van der Waals surface area contributed by atoms with Gasteiger partial charge in [0.25, 0.3) is 0 Å². The minimum absolute atomic E-state index is 0.0956. The Morgan fingerprint density at radius 1 is 1.47 bits per heavy atom. The molecule has 102 valence electrons. The van der Waals surface area contributed by atoms with Crippen molar-refractivity contribution in [2.24, 2.45) is 0 Å². The fourth-order valence-corrected chi connectivity index (χ4v) is 1.95. The Kier molecular flexibility index (Phi) is 3.32. The van der Waals surface area contributed by atoms with E-state index in [2.05, 4.69) is 4.98 Å². The summed E-state index contributed by atoms with van der Waals surface area (Å²) in [7, 11) is 1.74. The third-order valence-electron chi connectivity index (χ3n) is 3.48. The molecule has 0 aliphatic carbocycles. The summed E-state index contributed by atoms with van der Waals surface area (Å²) < 4.78 is 14.3. The number of anilines is 2. The molecule has 1 heterocycles. The van der Waals surface area contributed by atoms with E-state index >= 15 is 0 Å². The summed E-state index contributed by atoms with van der Waals surface area (Å²) in [6.07, 6.45) is 1.60. The fourth-order valence-electron chi connectivity index (χ4n) is 1.95. The van der Waals surface area contributed by atoms with Crippen LogP contribution in [0.5, 0.6) is 0 Å². The van der Waals surface area contributed by atoms with E-state index in [0.29, 0.717) is 22.3 Å². The number of pyridine rings is 1. The van der Waals surface area contributed by atoms with Crippen LogP contribution in [0.15, 0.2) is 24.4 Å². The minimum atomic E-state index is -0.596. The normalized spacial score (nSPS) is 11.8. The number of nitrogens with zero attached hydrogens (tertiary/aromatic N) is 2. The lowest BCUT2D eigenvalue weighted by molar-refractivity contribution is 0.216. The van der Waals surface area contributed by atoms with Crippen LogP contribution in [0.3, 0.4) is 0 Å². The molecule has 1 aromatic heterocycles. The van der Waals surface area contributed by atoms with Gasteiger partial charge >= 0.3 is 0 Å². The first-order valence-electron chi connectivity index (χ1n) is 6.06. The molecule has 0 spiro atoms. The summed E-state index contributed by atoms with van der Waals surface area (Å²) >= 11 is 0. The molecule has 1 aromatic carbocycles. The predicted octanol–water partition coefficient (Wildman–Crippen LogP) is 2.16. The molecule has 0 aliphatic rings. The second kappa shape index (κ2) is 4.66. The average Bonchev–Trinajstić information content (AvgIpc) is 2.38. The minimum Gasteiger partial charge on any atom is -0.398 e. The van der Waals surface area contributed by atoms with Crippen molar-refractivity contribution in [3.05, 3.63) is 30.2 Å². The Morgan fingerprint density at radius 3 is 2.79 bits per heavy atom. The molecular weight excluding hydrogens is 245 g/mol. The summed E-state index contributed by atoms with van der Waals surface area (Å²) in [6, 6.07) is 4.86. The topological polar surface area (TPSA) is 62.4 Å². The molecule has 3 N–H and O–H groups in total. The van der Waals surface area contributed by atoms with E-state index in [1.807, 2.05) is 13.8 Å². The van der Waals surface area contributed by atoms with Crippen molar-refractivity contribution in [3.8, 4) is 0 Å². The average molecular weight is 263 g/mol. The molecule has 0 aliphatic heterocycles. The van der Waals surface area contributed by atoms with Gasteiger partial charge < -0.3 is 15.7 Å². The lowest BCUT2D eigenvalue weighted by Gasteiger charge is -2.36. The first kappa shape index (κ1) is 13.5. The number of benzene rings is 1. The third-order valence-corrected chi connectivity index (χ3v) is 3.48. The Morgan fingerprint density at radius 2 is 2.16 bits per heavy atom. The maximum absolute atomic E-state index is 14.3. The monoisotopic (exact) mass is 263 g/mol. The number of halogens is 1. The van der Waals surface area contributed by atoms with Crippen molar-refractivity contribution in [1.29, 1.82) is 0 Å². The lowest BCUT2D eigenvalue weighted by Crippen LogP contribution is -2.45. The van der Waals surface area contributed by atoms with Crippen LogP contribution in [0.25, 0.3) is 10.9 Å². The highest BCUT2D eigenvalue weighted by Crippen LogP contribution is 2.34. The molecule has 0 radical (unpaired) electrons. The number of nitrogen functional groups attached to an aromatic ring is 1. The number of fused-ring (bicyclic) bond motifs is 1. The number of rotatable bonds is 3. The first-order chi connectivity index (χ1) is 8.88. The van der Waals surface area contributed by atoms with Gasteiger partial charge in [-0.3, -0.25) is 4.98 Å². The summed E-state index contributed by atoms with van der Waals surface area (Å²) in [5.41, 5.74) is 6.44. The molecule has 0 fully saturated rings. The summed E-state index contributed by atoms with van der Waals surface area (Å²) in [6.45, 7) is 3.57. The molecule has 5 heteroatoms. The second-order valence-corrected chi connectivity index (χ2v) is 5.23. The van der Waals surface area contributed by atoms with Gasteiger partial charge in [-0.05, 0) is 32.0 Å². The van der Waals surface area contributed by atoms with Gasteiger partial charge in [0, 0.05) is 24.3 Å². The van der Waals surface area contributed by atoms with Crippen LogP contribution >= 0.6 is 0 Å². The van der Waals surface area contributed by atoms with Crippen molar-refractivity contribution in [2.45, 2.75) is 19.4 Å². The molecule has 2 rings (SSSR count). The number of hydrogen-bond acceptors (Lipinski definition) is 4. The van der Waals surface area contributed by atoms with Gasteiger partial charge in [0.1, 0.15) is 5.69 Å². The van der Waals surface area contributed by atoms with Crippen LogP contribution in [0.1, 0.15) is 13.8 Å². The summed E-state index contributed by atoms with van der Waals surface area (Å²) in [5.74, 6) is -0.437. The molecule has 0 bridgehead atoms. The number of aromatic nitrogens is 1.